The summed E-state index contributed by atoms with van der Waals surface area (Å²) >= 11 is 1.13. The zero-order valence-corrected chi connectivity index (χ0v) is 13.6. The summed E-state index contributed by atoms with van der Waals surface area (Å²) in [5, 5.41) is 2.88. The van der Waals surface area contributed by atoms with E-state index in [1.807, 2.05) is 30.3 Å². The molecule has 0 saturated heterocycles. The van der Waals surface area contributed by atoms with Gasteiger partial charge in [0.05, 0.1) is 24.0 Å². The van der Waals surface area contributed by atoms with Gasteiger partial charge in [0.15, 0.2) is 0 Å². The van der Waals surface area contributed by atoms with Crippen molar-refractivity contribution in [2.75, 3.05) is 11.9 Å². The fourth-order valence-corrected chi connectivity index (χ4v) is 2.69. The molecule has 0 unspecified atom stereocenters. The maximum Gasteiger partial charge on any atom is 0.255 e. The number of unbranched alkanes of at least 4 members (excludes halogenated alkanes) is 1. The van der Waals surface area contributed by atoms with Crippen molar-refractivity contribution in [3.05, 3.63) is 48.0 Å². The molecule has 6 heteroatoms. The van der Waals surface area contributed by atoms with Crippen LogP contribution in [-0.2, 0) is 0 Å². The number of anilines is 1. The van der Waals surface area contributed by atoms with Crippen LogP contribution >= 0.6 is 11.7 Å². The van der Waals surface area contributed by atoms with Crippen LogP contribution in [0.2, 0.25) is 0 Å². The Morgan fingerprint density at radius 1 is 1.17 bits per heavy atom. The number of aromatic nitrogens is 2. The highest BCUT2D eigenvalue weighted by atomic mass is 32.1. The smallest absolute Gasteiger partial charge is 0.255 e. The van der Waals surface area contributed by atoms with Crippen LogP contribution in [-0.4, -0.2) is 21.3 Å². The second-order valence-electron chi connectivity index (χ2n) is 5.12. The van der Waals surface area contributed by atoms with Crippen LogP contribution in [0.15, 0.2) is 42.5 Å². The second kappa shape index (κ2) is 7.19. The van der Waals surface area contributed by atoms with E-state index in [0.29, 0.717) is 23.4 Å². The van der Waals surface area contributed by atoms with Gasteiger partial charge in [0.25, 0.3) is 5.91 Å². The van der Waals surface area contributed by atoms with Gasteiger partial charge in [-0.15, -0.1) is 0 Å². The van der Waals surface area contributed by atoms with Gasteiger partial charge in [-0.25, -0.2) is 0 Å². The molecule has 5 nitrogen and oxygen atoms in total. The molecule has 1 aromatic heterocycles. The van der Waals surface area contributed by atoms with E-state index in [9.17, 15) is 4.79 Å². The molecule has 23 heavy (non-hydrogen) atoms. The van der Waals surface area contributed by atoms with Gasteiger partial charge >= 0.3 is 0 Å². The van der Waals surface area contributed by atoms with Crippen LogP contribution in [0.25, 0.3) is 11.0 Å². The number of hydrogen-bond donors (Lipinski definition) is 1. The minimum Gasteiger partial charge on any atom is -0.494 e. The standard InChI is InChI=1S/C17H17N3O2S/c1-2-3-11-22-13-9-7-12(8-10-13)17(21)18-14-5-4-6-15-16(14)20-23-19-15/h4-10H,2-3,11H2,1H3,(H,18,21). The normalized spacial score (nSPS) is 10.7. The van der Waals surface area contributed by atoms with Crippen molar-refractivity contribution in [2.45, 2.75) is 19.8 Å². The van der Waals surface area contributed by atoms with E-state index in [-0.39, 0.29) is 5.91 Å². The van der Waals surface area contributed by atoms with Crippen LogP contribution in [0.3, 0.4) is 0 Å². The van der Waals surface area contributed by atoms with E-state index in [2.05, 4.69) is 21.0 Å². The first kappa shape index (κ1) is 15.4. The molecule has 0 spiro atoms. The highest BCUT2D eigenvalue weighted by molar-refractivity contribution is 7.00. The summed E-state index contributed by atoms with van der Waals surface area (Å²) in [6, 6.07) is 12.7. The first-order chi connectivity index (χ1) is 11.3. The molecular weight excluding hydrogens is 310 g/mol. The molecule has 0 aliphatic carbocycles. The van der Waals surface area contributed by atoms with Gasteiger partial charge in [-0.05, 0) is 42.8 Å². The van der Waals surface area contributed by atoms with E-state index < -0.39 is 0 Å². The molecule has 3 rings (SSSR count). The lowest BCUT2D eigenvalue weighted by atomic mass is 10.2. The number of benzene rings is 2. The molecule has 1 N–H and O–H groups in total. The summed E-state index contributed by atoms with van der Waals surface area (Å²) in [5.41, 5.74) is 2.75. The Bertz CT molecular complexity index is 799. The van der Waals surface area contributed by atoms with Crippen molar-refractivity contribution >= 4 is 34.4 Å². The third-order valence-corrected chi connectivity index (χ3v) is 3.96. The van der Waals surface area contributed by atoms with Crippen molar-refractivity contribution in [3.63, 3.8) is 0 Å². The minimum atomic E-state index is -0.175. The van der Waals surface area contributed by atoms with Crippen LogP contribution < -0.4 is 10.1 Å². The molecule has 0 saturated carbocycles. The fraction of sp³-hybridized carbons (Fsp3) is 0.235. The Labute approximate surface area is 138 Å². The molecule has 0 aliphatic rings. The molecule has 0 radical (unpaired) electrons. The molecular formula is C17H17N3O2S. The molecule has 3 aromatic rings. The molecule has 1 amide bonds. The third-order valence-electron chi connectivity index (χ3n) is 3.42. The summed E-state index contributed by atoms with van der Waals surface area (Å²) in [6.07, 6.45) is 2.12. The largest absolute Gasteiger partial charge is 0.494 e. The van der Waals surface area contributed by atoms with E-state index in [1.165, 1.54) is 0 Å². The monoisotopic (exact) mass is 327 g/mol. The highest BCUT2D eigenvalue weighted by Crippen LogP contribution is 2.22. The number of fused-ring (bicyclic) bond motifs is 1. The Morgan fingerprint density at radius 2 is 2.00 bits per heavy atom. The maximum absolute atomic E-state index is 12.4. The summed E-state index contributed by atoms with van der Waals surface area (Å²) in [7, 11) is 0. The average molecular weight is 327 g/mol. The van der Waals surface area contributed by atoms with E-state index in [1.54, 1.807) is 12.1 Å². The Hall–Kier alpha value is -2.47. The highest BCUT2D eigenvalue weighted by Gasteiger charge is 2.10. The number of hydrogen-bond acceptors (Lipinski definition) is 5. The third kappa shape index (κ3) is 3.65. The number of nitrogens with zero attached hydrogens (tertiary/aromatic N) is 2. The number of nitrogens with one attached hydrogen (secondary N) is 1. The summed E-state index contributed by atoms with van der Waals surface area (Å²) in [4.78, 5) is 12.4. The number of carbonyl (C=O) groups excluding carboxylic acids is 1. The van der Waals surface area contributed by atoms with Gasteiger partial charge in [-0.3, -0.25) is 4.79 Å². The van der Waals surface area contributed by atoms with Gasteiger partial charge in [-0.2, -0.15) is 8.75 Å². The Balaban J connectivity index is 1.69. The van der Waals surface area contributed by atoms with Crippen LogP contribution in [0.4, 0.5) is 5.69 Å². The first-order valence-electron chi connectivity index (χ1n) is 7.53. The molecule has 0 bridgehead atoms. The topological polar surface area (TPSA) is 64.1 Å². The lowest BCUT2D eigenvalue weighted by Crippen LogP contribution is -2.12. The second-order valence-corrected chi connectivity index (χ2v) is 5.65. The SMILES string of the molecule is CCCCOc1ccc(C(=O)Nc2cccc3nsnc23)cc1. The predicted molar refractivity (Wildman–Crippen MR) is 92.2 cm³/mol. The van der Waals surface area contributed by atoms with Crippen LogP contribution in [0.1, 0.15) is 30.1 Å². The van der Waals surface area contributed by atoms with Crippen molar-refractivity contribution in [3.8, 4) is 5.75 Å². The van der Waals surface area contributed by atoms with E-state index in [0.717, 1.165) is 35.8 Å². The van der Waals surface area contributed by atoms with Crippen LogP contribution in [0, 0.1) is 0 Å². The maximum atomic E-state index is 12.4. The van der Waals surface area contributed by atoms with Crippen molar-refractivity contribution in [2.24, 2.45) is 0 Å². The summed E-state index contributed by atoms with van der Waals surface area (Å²) in [6.45, 7) is 2.82. The minimum absolute atomic E-state index is 0.175. The zero-order chi connectivity index (χ0) is 16.1. The molecule has 0 fully saturated rings. The average Bonchev–Trinajstić information content (AvgIpc) is 3.05. The van der Waals surface area contributed by atoms with Crippen molar-refractivity contribution in [1.82, 2.24) is 8.75 Å². The fourth-order valence-electron chi connectivity index (χ4n) is 2.14. The first-order valence-corrected chi connectivity index (χ1v) is 8.26. The molecule has 118 valence electrons. The van der Waals surface area contributed by atoms with E-state index in [4.69, 9.17) is 4.74 Å². The van der Waals surface area contributed by atoms with Gasteiger partial charge in [0.2, 0.25) is 0 Å². The van der Waals surface area contributed by atoms with Gasteiger partial charge in [0, 0.05) is 5.56 Å². The summed E-state index contributed by atoms with van der Waals surface area (Å²) < 4.78 is 14.0. The zero-order valence-electron chi connectivity index (χ0n) is 12.8. The predicted octanol–water partition coefficient (Wildman–Crippen LogP) is 4.12. The van der Waals surface area contributed by atoms with E-state index >= 15 is 0 Å². The van der Waals surface area contributed by atoms with Crippen LogP contribution in [0.5, 0.6) is 5.75 Å². The van der Waals surface area contributed by atoms with Gasteiger partial charge in [-0.1, -0.05) is 19.4 Å². The Morgan fingerprint density at radius 3 is 2.78 bits per heavy atom. The lowest BCUT2D eigenvalue weighted by molar-refractivity contribution is 0.102. The lowest BCUT2D eigenvalue weighted by Gasteiger charge is -2.08. The molecule has 2 aromatic carbocycles. The van der Waals surface area contributed by atoms with Gasteiger partial charge < -0.3 is 10.1 Å². The molecule has 0 atom stereocenters. The summed E-state index contributed by atoms with van der Waals surface area (Å²) in [5.74, 6) is 0.603. The molecule has 1 heterocycles. The quantitative estimate of drug-likeness (QED) is 0.692. The number of ether oxygens (including phenoxy) is 1. The number of amides is 1. The molecule has 0 aliphatic heterocycles. The van der Waals surface area contributed by atoms with Gasteiger partial charge in [0.1, 0.15) is 16.8 Å². The number of carbonyl (C=O) groups is 1. The van der Waals surface area contributed by atoms with Crippen molar-refractivity contribution < 1.29 is 9.53 Å². The Kier molecular flexibility index (Phi) is 4.83. The number of rotatable bonds is 6. The van der Waals surface area contributed by atoms with Crippen molar-refractivity contribution in [1.29, 1.82) is 0 Å².